The summed E-state index contributed by atoms with van der Waals surface area (Å²) in [4.78, 5) is 12.0. The third kappa shape index (κ3) is 3.78. The number of anilines is 1. The molecule has 2 heterocycles. The number of benzene rings is 1. The zero-order valence-corrected chi connectivity index (χ0v) is 13.6. The Kier molecular flexibility index (Phi) is 4.56. The maximum Gasteiger partial charge on any atom is 0.248 e. The molecule has 0 aliphatic heterocycles. The number of nitrogens with one attached hydrogen (secondary N) is 1. The van der Waals surface area contributed by atoms with Gasteiger partial charge >= 0.3 is 0 Å². The summed E-state index contributed by atoms with van der Waals surface area (Å²) in [7, 11) is 0. The van der Waals surface area contributed by atoms with E-state index in [1.807, 2.05) is 44.2 Å². The Balaban J connectivity index is 1.62. The molecule has 0 aliphatic rings. The van der Waals surface area contributed by atoms with E-state index in [0.29, 0.717) is 12.2 Å². The number of aromatic nitrogens is 3. The van der Waals surface area contributed by atoms with E-state index in [4.69, 9.17) is 4.52 Å². The maximum absolute atomic E-state index is 12.0. The van der Waals surface area contributed by atoms with Gasteiger partial charge in [0.2, 0.25) is 5.91 Å². The molecule has 0 bridgehead atoms. The van der Waals surface area contributed by atoms with Gasteiger partial charge < -0.3 is 9.84 Å². The van der Waals surface area contributed by atoms with Crippen LogP contribution in [0.3, 0.4) is 0 Å². The van der Waals surface area contributed by atoms with Crippen molar-refractivity contribution in [2.45, 2.75) is 20.4 Å². The highest BCUT2D eigenvalue weighted by Gasteiger charge is 2.10. The van der Waals surface area contributed by atoms with Gasteiger partial charge in [0.15, 0.2) is 0 Å². The van der Waals surface area contributed by atoms with E-state index in [2.05, 4.69) is 15.6 Å². The zero-order chi connectivity index (χ0) is 16.9. The Morgan fingerprint density at radius 3 is 2.79 bits per heavy atom. The Morgan fingerprint density at radius 2 is 2.08 bits per heavy atom. The van der Waals surface area contributed by atoms with Crippen molar-refractivity contribution in [3.8, 4) is 0 Å². The Morgan fingerprint density at radius 1 is 1.29 bits per heavy atom. The first-order valence-corrected chi connectivity index (χ1v) is 7.60. The molecule has 0 atom stereocenters. The summed E-state index contributed by atoms with van der Waals surface area (Å²) in [6, 6.07) is 9.66. The van der Waals surface area contributed by atoms with Gasteiger partial charge in [-0.25, -0.2) is 0 Å². The van der Waals surface area contributed by atoms with E-state index >= 15 is 0 Å². The third-order valence-corrected chi connectivity index (χ3v) is 3.63. The van der Waals surface area contributed by atoms with Crippen LogP contribution in [-0.4, -0.2) is 20.8 Å². The van der Waals surface area contributed by atoms with Crippen LogP contribution >= 0.6 is 0 Å². The van der Waals surface area contributed by atoms with Crippen LogP contribution in [0.1, 0.15) is 22.6 Å². The van der Waals surface area contributed by atoms with E-state index in [1.54, 1.807) is 23.2 Å². The van der Waals surface area contributed by atoms with Crippen LogP contribution in [0, 0.1) is 13.8 Å². The molecule has 122 valence electrons. The van der Waals surface area contributed by atoms with Gasteiger partial charge in [-0.05, 0) is 25.5 Å². The van der Waals surface area contributed by atoms with Gasteiger partial charge in [-0.2, -0.15) is 5.10 Å². The molecule has 6 nitrogen and oxygen atoms in total. The molecule has 0 fully saturated rings. The highest BCUT2D eigenvalue weighted by atomic mass is 16.5. The summed E-state index contributed by atoms with van der Waals surface area (Å²) in [5, 5.41) is 11.0. The van der Waals surface area contributed by atoms with Gasteiger partial charge in [-0.3, -0.25) is 9.48 Å². The van der Waals surface area contributed by atoms with Gasteiger partial charge in [0.1, 0.15) is 5.76 Å². The summed E-state index contributed by atoms with van der Waals surface area (Å²) in [5.74, 6) is 0.579. The second kappa shape index (κ2) is 6.95. The number of hydrogen-bond acceptors (Lipinski definition) is 4. The standard InChI is InChI=1S/C18H18N4O2/c1-13-17(14(2)24-21-13)12-22-11-16(10-19-22)20-18(23)9-8-15-6-4-3-5-7-15/h3-11H,12H2,1-2H3,(H,20,23). The van der Waals surface area contributed by atoms with Crippen molar-refractivity contribution >= 4 is 17.7 Å². The van der Waals surface area contributed by atoms with Crippen molar-refractivity contribution in [3.63, 3.8) is 0 Å². The van der Waals surface area contributed by atoms with Gasteiger partial charge in [0, 0.05) is 17.8 Å². The third-order valence-electron chi connectivity index (χ3n) is 3.63. The first-order chi connectivity index (χ1) is 11.6. The number of amides is 1. The fourth-order valence-electron chi connectivity index (χ4n) is 2.32. The fraction of sp³-hybridized carbons (Fsp3) is 0.167. The molecule has 0 unspecified atom stereocenters. The van der Waals surface area contributed by atoms with Gasteiger partial charge in [-0.1, -0.05) is 35.5 Å². The fourth-order valence-corrected chi connectivity index (χ4v) is 2.32. The molecule has 0 spiro atoms. The summed E-state index contributed by atoms with van der Waals surface area (Å²) in [6.45, 7) is 4.32. The van der Waals surface area contributed by atoms with Crippen LogP contribution in [0.2, 0.25) is 0 Å². The predicted molar refractivity (Wildman–Crippen MR) is 91.4 cm³/mol. The van der Waals surface area contributed by atoms with E-state index in [-0.39, 0.29) is 5.91 Å². The van der Waals surface area contributed by atoms with Crippen LogP contribution < -0.4 is 5.32 Å². The molecular formula is C18H18N4O2. The normalized spacial score (nSPS) is 11.1. The van der Waals surface area contributed by atoms with Gasteiger partial charge in [0.25, 0.3) is 0 Å². The van der Waals surface area contributed by atoms with Gasteiger partial charge in [0.05, 0.1) is 24.1 Å². The smallest absolute Gasteiger partial charge is 0.248 e. The molecule has 1 aromatic carbocycles. The molecule has 2 aromatic heterocycles. The molecule has 6 heteroatoms. The molecule has 0 radical (unpaired) electrons. The SMILES string of the molecule is Cc1noc(C)c1Cn1cc(NC(=O)C=Cc2ccccc2)cn1. The van der Waals surface area contributed by atoms with Crippen molar-refractivity contribution in [1.82, 2.24) is 14.9 Å². The minimum atomic E-state index is -0.198. The van der Waals surface area contributed by atoms with Crippen molar-refractivity contribution in [2.75, 3.05) is 5.32 Å². The quantitative estimate of drug-likeness (QED) is 0.732. The van der Waals surface area contributed by atoms with Crippen LogP contribution in [-0.2, 0) is 11.3 Å². The average molecular weight is 322 g/mol. The van der Waals surface area contributed by atoms with E-state index < -0.39 is 0 Å². The van der Waals surface area contributed by atoms with Crippen molar-refractivity contribution in [2.24, 2.45) is 0 Å². The second-order valence-electron chi connectivity index (χ2n) is 5.46. The van der Waals surface area contributed by atoms with E-state index in [1.165, 1.54) is 6.08 Å². The second-order valence-corrected chi connectivity index (χ2v) is 5.46. The zero-order valence-electron chi connectivity index (χ0n) is 13.6. The summed E-state index contributed by atoms with van der Waals surface area (Å²) in [5.41, 5.74) is 3.46. The molecule has 3 aromatic rings. The van der Waals surface area contributed by atoms with Crippen LogP contribution in [0.4, 0.5) is 5.69 Å². The van der Waals surface area contributed by atoms with Crippen LogP contribution in [0.25, 0.3) is 6.08 Å². The monoisotopic (exact) mass is 322 g/mol. The van der Waals surface area contributed by atoms with Gasteiger partial charge in [-0.15, -0.1) is 0 Å². The largest absolute Gasteiger partial charge is 0.361 e. The lowest BCUT2D eigenvalue weighted by molar-refractivity contribution is -0.111. The molecule has 0 saturated carbocycles. The maximum atomic E-state index is 12.0. The van der Waals surface area contributed by atoms with Crippen molar-refractivity contribution in [3.05, 3.63) is 71.4 Å². The number of aryl methyl sites for hydroxylation is 2. The predicted octanol–water partition coefficient (Wildman–Crippen LogP) is 3.19. The van der Waals surface area contributed by atoms with Crippen LogP contribution in [0.15, 0.2) is 53.3 Å². The Hall–Kier alpha value is -3.15. The molecule has 0 aliphatic carbocycles. The molecular weight excluding hydrogens is 304 g/mol. The van der Waals surface area contributed by atoms with Crippen molar-refractivity contribution < 1.29 is 9.32 Å². The summed E-state index contributed by atoms with van der Waals surface area (Å²) in [6.07, 6.45) is 6.66. The number of carbonyl (C=O) groups is 1. The molecule has 1 N–H and O–H groups in total. The first-order valence-electron chi connectivity index (χ1n) is 7.60. The highest BCUT2D eigenvalue weighted by molar-refractivity contribution is 6.01. The topological polar surface area (TPSA) is 73.0 Å². The van der Waals surface area contributed by atoms with E-state index in [0.717, 1.165) is 22.6 Å². The molecule has 0 saturated heterocycles. The molecule has 1 amide bonds. The minimum absolute atomic E-state index is 0.198. The van der Waals surface area contributed by atoms with Crippen molar-refractivity contribution in [1.29, 1.82) is 0 Å². The first kappa shape index (κ1) is 15.7. The Bertz CT molecular complexity index is 843. The number of nitrogens with zero attached hydrogens (tertiary/aromatic N) is 3. The lowest BCUT2D eigenvalue weighted by Crippen LogP contribution is -2.07. The van der Waals surface area contributed by atoms with Crippen LogP contribution in [0.5, 0.6) is 0 Å². The minimum Gasteiger partial charge on any atom is -0.361 e. The number of rotatable bonds is 5. The molecule has 3 rings (SSSR count). The Labute approximate surface area is 139 Å². The highest BCUT2D eigenvalue weighted by Crippen LogP contribution is 2.15. The number of carbonyl (C=O) groups excluding carboxylic acids is 1. The number of hydrogen-bond donors (Lipinski definition) is 1. The lowest BCUT2D eigenvalue weighted by atomic mass is 10.2. The average Bonchev–Trinajstić information content (AvgIpc) is 3.15. The summed E-state index contributed by atoms with van der Waals surface area (Å²) >= 11 is 0. The lowest BCUT2D eigenvalue weighted by Gasteiger charge is -2.00. The van der Waals surface area contributed by atoms with E-state index in [9.17, 15) is 4.79 Å². The summed E-state index contributed by atoms with van der Waals surface area (Å²) < 4.78 is 6.88. The molecule has 24 heavy (non-hydrogen) atoms.